The highest BCUT2D eigenvalue weighted by Crippen LogP contribution is 2.30. The van der Waals surface area contributed by atoms with Crippen LogP contribution in [0.4, 0.5) is 19.0 Å². The van der Waals surface area contributed by atoms with E-state index in [2.05, 4.69) is 20.3 Å². The molecule has 27 heavy (non-hydrogen) atoms. The fourth-order valence-corrected chi connectivity index (χ4v) is 2.84. The van der Waals surface area contributed by atoms with Gasteiger partial charge in [-0.2, -0.15) is 4.39 Å². The van der Waals surface area contributed by atoms with Gasteiger partial charge in [0.15, 0.2) is 5.82 Å². The fourth-order valence-electron chi connectivity index (χ4n) is 2.84. The molecule has 0 unspecified atom stereocenters. The molecular formula is C20H13F3N4. The van der Waals surface area contributed by atoms with Gasteiger partial charge in [0, 0.05) is 29.8 Å². The lowest BCUT2D eigenvalue weighted by Crippen LogP contribution is -1.99. The summed E-state index contributed by atoms with van der Waals surface area (Å²) in [7, 11) is 1.72. The summed E-state index contributed by atoms with van der Waals surface area (Å²) >= 11 is 0. The van der Waals surface area contributed by atoms with E-state index < -0.39 is 17.6 Å². The molecular weight excluding hydrogens is 353 g/mol. The second kappa shape index (κ2) is 6.68. The van der Waals surface area contributed by atoms with E-state index in [1.54, 1.807) is 25.2 Å². The highest BCUT2D eigenvalue weighted by Gasteiger charge is 2.12. The Morgan fingerprint density at radius 2 is 1.67 bits per heavy atom. The molecule has 0 amide bonds. The maximum absolute atomic E-state index is 14.1. The van der Waals surface area contributed by atoms with Gasteiger partial charge in [-0.15, -0.1) is 0 Å². The first-order valence-electron chi connectivity index (χ1n) is 8.12. The number of pyridine rings is 1. The van der Waals surface area contributed by atoms with Crippen LogP contribution in [0.5, 0.6) is 0 Å². The summed E-state index contributed by atoms with van der Waals surface area (Å²) < 4.78 is 40.8. The van der Waals surface area contributed by atoms with Crippen LogP contribution in [-0.4, -0.2) is 22.0 Å². The molecule has 4 aromatic rings. The van der Waals surface area contributed by atoms with Crippen molar-refractivity contribution < 1.29 is 13.2 Å². The summed E-state index contributed by atoms with van der Waals surface area (Å²) in [5.41, 5.74) is 1.71. The monoisotopic (exact) mass is 366 g/mol. The molecule has 4 rings (SSSR count). The molecule has 0 saturated heterocycles. The van der Waals surface area contributed by atoms with E-state index in [1.807, 2.05) is 0 Å². The van der Waals surface area contributed by atoms with E-state index in [4.69, 9.17) is 0 Å². The standard InChI is InChI=1S/C20H13F3N4/c1-24-20-14-5-2-11(15-9-13(21)4-6-16(15)22)8-17(14)26-19(27-20)12-3-7-18(23)25-10-12/h2-10H,1H3,(H,24,26,27). The molecule has 0 atom stereocenters. The van der Waals surface area contributed by atoms with Crippen LogP contribution in [0, 0.1) is 17.6 Å². The van der Waals surface area contributed by atoms with Crippen molar-refractivity contribution in [2.45, 2.75) is 0 Å². The van der Waals surface area contributed by atoms with Crippen LogP contribution in [0.2, 0.25) is 0 Å². The Morgan fingerprint density at radius 3 is 2.41 bits per heavy atom. The number of benzene rings is 2. The van der Waals surface area contributed by atoms with Crippen LogP contribution >= 0.6 is 0 Å². The van der Waals surface area contributed by atoms with Crippen LogP contribution in [0.25, 0.3) is 33.4 Å². The van der Waals surface area contributed by atoms with Crippen molar-refractivity contribution in [1.29, 1.82) is 0 Å². The van der Waals surface area contributed by atoms with E-state index in [0.29, 0.717) is 28.3 Å². The number of fused-ring (bicyclic) bond motifs is 1. The minimum absolute atomic E-state index is 0.145. The molecule has 0 saturated carbocycles. The number of nitrogens with one attached hydrogen (secondary N) is 1. The van der Waals surface area contributed by atoms with Crippen molar-refractivity contribution in [1.82, 2.24) is 15.0 Å². The van der Waals surface area contributed by atoms with Crippen molar-refractivity contribution in [3.63, 3.8) is 0 Å². The zero-order valence-corrected chi connectivity index (χ0v) is 14.2. The number of aromatic nitrogens is 3. The van der Waals surface area contributed by atoms with E-state index in [9.17, 15) is 13.2 Å². The van der Waals surface area contributed by atoms with Gasteiger partial charge in [-0.3, -0.25) is 0 Å². The van der Waals surface area contributed by atoms with Gasteiger partial charge >= 0.3 is 0 Å². The maximum Gasteiger partial charge on any atom is 0.212 e. The number of nitrogens with zero attached hydrogens (tertiary/aromatic N) is 3. The van der Waals surface area contributed by atoms with E-state index in [-0.39, 0.29) is 5.56 Å². The van der Waals surface area contributed by atoms with Gasteiger partial charge in [-0.1, -0.05) is 6.07 Å². The smallest absolute Gasteiger partial charge is 0.212 e. The molecule has 0 aliphatic carbocycles. The van der Waals surface area contributed by atoms with Gasteiger partial charge in [0.1, 0.15) is 17.5 Å². The van der Waals surface area contributed by atoms with Crippen molar-refractivity contribution in [2.75, 3.05) is 12.4 Å². The van der Waals surface area contributed by atoms with Crippen molar-refractivity contribution >= 4 is 16.7 Å². The van der Waals surface area contributed by atoms with Crippen LogP contribution in [0.1, 0.15) is 0 Å². The Morgan fingerprint density at radius 1 is 0.852 bits per heavy atom. The summed E-state index contributed by atoms with van der Waals surface area (Å²) in [6, 6.07) is 11.1. The largest absolute Gasteiger partial charge is 0.373 e. The average molecular weight is 366 g/mol. The van der Waals surface area contributed by atoms with Gasteiger partial charge < -0.3 is 5.32 Å². The molecule has 1 N–H and O–H groups in total. The maximum atomic E-state index is 14.1. The zero-order valence-electron chi connectivity index (χ0n) is 14.2. The molecule has 2 aromatic carbocycles. The summed E-state index contributed by atoms with van der Waals surface area (Å²) in [4.78, 5) is 12.5. The second-order valence-electron chi connectivity index (χ2n) is 5.87. The summed E-state index contributed by atoms with van der Waals surface area (Å²) in [5.74, 6) is -0.746. The molecule has 2 heterocycles. The van der Waals surface area contributed by atoms with Crippen LogP contribution < -0.4 is 5.32 Å². The highest BCUT2D eigenvalue weighted by molar-refractivity contribution is 5.93. The number of hydrogen-bond donors (Lipinski definition) is 1. The molecule has 0 aliphatic heterocycles. The molecule has 0 bridgehead atoms. The molecule has 0 spiro atoms. The first-order valence-corrected chi connectivity index (χ1v) is 8.12. The van der Waals surface area contributed by atoms with Crippen LogP contribution in [0.3, 0.4) is 0 Å². The molecule has 0 aliphatic rings. The third-order valence-corrected chi connectivity index (χ3v) is 4.16. The van der Waals surface area contributed by atoms with Crippen LogP contribution in [-0.2, 0) is 0 Å². The Bertz CT molecular complexity index is 1140. The number of anilines is 1. The highest BCUT2D eigenvalue weighted by atomic mass is 19.1. The topological polar surface area (TPSA) is 50.7 Å². The normalized spacial score (nSPS) is 11.0. The Balaban J connectivity index is 1.91. The van der Waals surface area contributed by atoms with Crippen LogP contribution in [0.15, 0.2) is 54.7 Å². The Hall–Kier alpha value is -3.48. The van der Waals surface area contributed by atoms with E-state index in [0.717, 1.165) is 23.6 Å². The zero-order chi connectivity index (χ0) is 19.0. The Kier molecular flexibility index (Phi) is 4.19. The van der Waals surface area contributed by atoms with Gasteiger partial charge in [0.25, 0.3) is 0 Å². The van der Waals surface area contributed by atoms with E-state index >= 15 is 0 Å². The number of rotatable bonds is 3. The van der Waals surface area contributed by atoms with Gasteiger partial charge in [-0.05, 0) is 48.0 Å². The average Bonchev–Trinajstić information content (AvgIpc) is 2.69. The lowest BCUT2D eigenvalue weighted by atomic mass is 10.0. The molecule has 0 radical (unpaired) electrons. The second-order valence-corrected chi connectivity index (χ2v) is 5.87. The van der Waals surface area contributed by atoms with E-state index in [1.165, 1.54) is 18.3 Å². The molecule has 2 aromatic heterocycles. The van der Waals surface area contributed by atoms with Gasteiger partial charge in [0.2, 0.25) is 5.95 Å². The molecule has 134 valence electrons. The minimum Gasteiger partial charge on any atom is -0.373 e. The molecule has 4 nitrogen and oxygen atoms in total. The first-order chi connectivity index (χ1) is 13.0. The van der Waals surface area contributed by atoms with Gasteiger partial charge in [-0.25, -0.2) is 23.7 Å². The summed E-state index contributed by atoms with van der Waals surface area (Å²) in [5, 5.41) is 3.71. The fraction of sp³-hybridized carbons (Fsp3) is 0.0500. The predicted molar refractivity (Wildman–Crippen MR) is 97.6 cm³/mol. The number of hydrogen-bond acceptors (Lipinski definition) is 4. The molecule has 0 fully saturated rings. The lowest BCUT2D eigenvalue weighted by molar-refractivity contribution is 0.584. The Labute approximate surface area is 152 Å². The predicted octanol–water partition coefficient (Wildman–Crippen LogP) is 4.82. The first kappa shape index (κ1) is 17.0. The van der Waals surface area contributed by atoms with Gasteiger partial charge in [0.05, 0.1) is 5.52 Å². The number of halogens is 3. The third kappa shape index (κ3) is 3.19. The lowest BCUT2D eigenvalue weighted by Gasteiger charge is -2.10. The minimum atomic E-state index is -0.600. The SMILES string of the molecule is CNc1nc(-c2ccc(F)nc2)nc2cc(-c3cc(F)ccc3F)ccc12. The van der Waals surface area contributed by atoms with Crippen molar-refractivity contribution in [3.8, 4) is 22.5 Å². The van der Waals surface area contributed by atoms with Crippen molar-refractivity contribution in [3.05, 3.63) is 72.3 Å². The summed E-state index contributed by atoms with van der Waals surface area (Å²) in [6.07, 6.45) is 1.34. The van der Waals surface area contributed by atoms with Crippen molar-refractivity contribution in [2.24, 2.45) is 0 Å². The quantitative estimate of drug-likeness (QED) is 0.528. The molecule has 7 heteroatoms. The third-order valence-electron chi connectivity index (χ3n) is 4.16. The summed E-state index contributed by atoms with van der Waals surface area (Å²) in [6.45, 7) is 0.